The van der Waals surface area contributed by atoms with Crippen molar-refractivity contribution in [1.29, 1.82) is 0 Å². The highest BCUT2D eigenvalue weighted by molar-refractivity contribution is 5.97. The lowest BCUT2D eigenvalue weighted by atomic mass is 9.58. The standard InChI is InChI=1S/C28H28N4O2/c1-17-25-14-19-5-4-18(21-7-9-26(33)31(3)15-21)12-22(19)28(17,2)10-11-32(25)27(34)20-6-8-23-24(13-20)30-16-29-23/h4-9,12-13,15-17,25H,10-11,14H2,1-3H3,(H,29,30)/t17?,25?,28-/m1/s1. The van der Waals surface area contributed by atoms with Gasteiger partial charge in [0.05, 0.1) is 17.4 Å². The first-order chi connectivity index (χ1) is 16.3. The molecule has 1 saturated heterocycles. The van der Waals surface area contributed by atoms with Gasteiger partial charge in [0, 0.05) is 37.5 Å². The number of hydrogen-bond acceptors (Lipinski definition) is 3. The Balaban J connectivity index is 1.35. The molecule has 3 atom stereocenters. The Bertz CT molecular complexity index is 1500. The molecule has 0 saturated carbocycles. The van der Waals surface area contributed by atoms with Gasteiger partial charge in [0.15, 0.2) is 0 Å². The molecule has 4 aromatic rings. The highest BCUT2D eigenvalue weighted by atomic mass is 16.2. The van der Waals surface area contributed by atoms with Gasteiger partial charge < -0.3 is 14.5 Å². The van der Waals surface area contributed by atoms with E-state index in [1.54, 1.807) is 24.0 Å². The molecular weight excluding hydrogens is 424 g/mol. The molecule has 2 bridgehead atoms. The second-order valence-corrected chi connectivity index (χ2v) is 10.1. The molecule has 2 aromatic heterocycles. The normalized spacial score (nSPS) is 23.7. The first-order valence-corrected chi connectivity index (χ1v) is 11.9. The zero-order valence-electron chi connectivity index (χ0n) is 19.7. The molecule has 3 heterocycles. The Kier molecular flexibility index (Phi) is 4.56. The van der Waals surface area contributed by atoms with Crippen LogP contribution in [0, 0.1) is 5.92 Å². The Labute approximate surface area is 198 Å². The third-order valence-corrected chi connectivity index (χ3v) is 8.36. The van der Waals surface area contributed by atoms with E-state index in [2.05, 4.69) is 46.9 Å². The first-order valence-electron chi connectivity index (χ1n) is 11.9. The summed E-state index contributed by atoms with van der Waals surface area (Å²) in [5.41, 5.74) is 7.35. The fraction of sp³-hybridized carbons (Fsp3) is 0.321. The Hall–Kier alpha value is -3.67. The minimum atomic E-state index is -0.00569. The molecule has 0 spiro atoms. The number of fused-ring (bicyclic) bond motifs is 5. The molecule has 6 heteroatoms. The van der Waals surface area contributed by atoms with E-state index in [0.717, 1.165) is 41.5 Å². The lowest BCUT2D eigenvalue weighted by Gasteiger charge is -2.54. The minimum Gasteiger partial charge on any atom is -0.345 e. The van der Waals surface area contributed by atoms with E-state index in [-0.39, 0.29) is 22.9 Å². The third kappa shape index (κ3) is 3.05. The molecule has 172 valence electrons. The number of benzene rings is 2. The van der Waals surface area contributed by atoms with Gasteiger partial charge in [-0.2, -0.15) is 0 Å². The van der Waals surface area contributed by atoms with Crippen molar-refractivity contribution in [2.45, 2.75) is 38.1 Å². The quantitative estimate of drug-likeness (QED) is 0.493. The van der Waals surface area contributed by atoms with Crippen LogP contribution in [-0.2, 0) is 18.9 Å². The number of likely N-dealkylation sites (tertiary alicyclic amines) is 1. The third-order valence-electron chi connectivity index (χ3n) is 8.36. The summed E-state index contributed by atoms with van der Waals surface area (Å²) in [7, 11) is 1.79. The van der Waals surface area contributed by atoms with E-state index in [9.17, 15) is 9.59 Å². The molecule has 6 nitrogen and oxygen atoms in total. The maximum atomic E-state index is 13.6. The van der Waals surface area contributed by atoms with Gasteiger partial charge in [-0.25, -0.2) is 4.98 Å². The number of aryl methyl sites for hydroxylation is 1. The summed E-state index contributed by atoms with van der Waals surface area (Å²) in [6.07, 6.45) is 5.35. The van der Waals surface area contributed by atoms with E-state index >= 15 is 0 Å². The SMILES string of the molecule is CC1C2Cc3ccc(-c4ccc(=O)n(C)c4)cc3[C@]1(C)CCN2C(=O)c1ccc2nc[nH]c2c1. The van der Waals surface area contributed by atoms with E-state index < -0.39 is 0 Å². The van der Waals surface area contributed by atoms with Gasteiger partial charge in [-0.05, 0) is 70.7 Å². The minimum absolute atomic E-state index is 0.000960. The molecule has 0 radical (unpaired) electrons. The molecule has 1 amide bonds. The molecule has 1 aliphatic carbocycles. The van der Waals surface area contributed by atoms with Crippen molar-refractivity contribution < 1.29 is 4.79 Å². The number of nitrogens with one attached hydrogen (secondary N) is 1. The van der Waals surface area contributed by atoms with E-state index in [0.29, 0.717) is 11.5 Å². The largest absolute Gasteiger partial charge is 0.345 e. The van der Waals surface area contributed by atoms with Crippen molar-refractivity contribution in [3.05, 3.63) is 88.1 Å². The van der Waals surface area contributed by atoms with Crippen molar-refractivity contribution in [3.63, 3.8) is 0 Å². The van der Waals surface area contributed by atoms with Crippen LogP contribution in [0.25, 0.3) is 22.2 Å². The molecule has 2 unspecified atom stereocenters. The first kappa shape index (κ1) is 20.9. The number of aromatic nitrogens is 3. The summed E-state index contributed by atoms with van der Waals surface area (Å²) in [6.45, 7) is 5.39. The number of piperidine rings is 1. The Morgan fingerprint density at radius 3 is 2.76 bits per heavy atom. The number of amides is 1. The van der Waals surface area contributed by atoms with Crippen LogP contribution < -0.4 is 5.56 Å². The summed E-state index contributed by atoms with van der Waals surface area (Å²) in [6, 6.07) is 16.1. The van der Waals surface area contributed by atoms with Crippen LogP contribution in [0.5, 0.6) is 0 Å². The predicted octanol–water partition coefficient (Wildman–Crippen LogP) is 4.29. The lowest BCUT2D eigenvalue weighted by molar-refractivity contribution is 0.0251. The Morgan fingerprint density at radius 2 is 1.94 bits per heavy atom. The predicted molar refractivity (Wildman–Crippen MR) is 133 cm³/mol. The van der Waals surface area contributed by atoms with Gasteiger partial charge in [-0.15, -0.1) is 0 Å². The fourth-order valence-corrected chi connectivity index (χ4v) is 6.05. The highest BCUT2D eigenvalue weighted by Crippen LogP contribution is 2.49. The van der Waals surface area contributed by atoms with Crippen molar-refractivity contribution >= 4 is 16.9 Å². The summed E-state index contributed by atoms with van der Waals surface area (Å²) in [4.78, 5) is 34.9. The maximum Gasteiger partial charge on any atom is 0.254 e. The van der Waals surface area contributed by atoms with Gasteiger partial charge in [0.25, 0.3) is 5.91 Å². The van der Waals surface area contributed by atoms with E-state index in [4.69, 9.17) is 0 Å². The smallest absolute Gasteiger partial charge is 0.254 e. The average molecular weight is 453 g/mol. The summed E-state index contributed by atoms with van der Waals surface area (Å²) >= 11 is 0. The van der Waals surface area contributed by atoms with Gasteiger partial charge in [-0.1, -0.05) is 32.0 Å². The molecule has 34 heavy (non-hydrogen) atoms. The highest BCUT2D eigenvalue weighted by Gasteiger charge is 2.49. The number of H-pyrrole nitrogens is 1. The maximum absolute atomic E-state index is 13.6. The molecule has 2 aliphatic rings. The summed E-state index contributed by atoms with van der Waals surface area (Å²) in [5, 5.41) is 0. The molecule has 2 aromatic carbocycles. The van der Waals surface area contributed by atoms with Gasteiger partial charge in [0.2, 0.25) is 5.56 Å². The van der Waals surface area contributed by atoms with Crippen LogP contribution in [0.15, 0.2) is 65.8 Å². The van der Waals surface area contributed by atoms with Crippen LogP contribution >= 0.6 is 0 Å². The molecule has 1 fully saturated rings. The topological polar surface area (TPSA) is 71.0 Å². The van der Waals surface area contributed by atoms with Crippen LogP contribution in [0.2, 0.25) is 0 Å². The Morgan fingerprint density at radius 1 is 1.12 bits per heavy atom. The number of nitrogens with zero attached hydrogens (tertiary/aromatic N) is 3. The monoisotopic (exact) mass is 452 g/mol. The molecule has 1 N–H and O–H groups in total. The molecule has 6 rings (SSSR count). The fourth-order valence-electron chi connectivity index (χ4n) is 6.05. The second kappa shape index (κ2) is 7.42. The number of aromatic amines is 1. The van der Waals surface area contributed by atoms with E-state index in [1.165, 1.54) is 11.1 Å². The van der Waals surface area contributed by atoms with Crippen LogP contribution in [0.4, 0.5) is 0 Å². The second-order valence-electron chi connectivity index (χ2n) is 10.1. The number of imidazole rings is 1. The zero-order valence-corrected chi connectivity index (χ0v) is 19.7. The van der Waals surface area contributed by atoms with Crippen molar-refractivity contribution in [1.82, 2.24) is 19.4 Å². The zero-order chi connectivity index (χ0) is 23.6. The van der Waals surface area contributed by atoms with Crippen LogP contribution in [0.1, 0.15) is 41.8 Å². The van der Waals surface area contributed by atoms with Gasteiger partial charge in [0.1, 0.15) is 0 Å². The summed E-state index contributed by atoms with van der Waals surface area (Å²) in [5.74, 6) is 0.435. The number of hydrogen-bond donors (Lipinski definition) is 1. The molecular formula is C28H28N4O2. The van der Waals surface area contributed by atoms with Crippen molar-refractivity contribution in [2.24, 2.45) is 13.0 Å². The van der Waals surface area contributed by atoms with E-state index in [1.807, 2.05) is 30.5 Å². The van der Waals surface area contributed by atoms with Crippen molar-refractivity contribution in [3.8, 4) is 11.1 Å². The number of pyridine rings is 1. The van der Waals surface area contributed by atoms with Crippen LogP contribution in [0.3, 0.4) is 0 Å². The number of carbonyl (C=O) groups excluding carboxylic acids is 1. The average Bonchev–Trinajstić information content (AvgIpc) is 3.31. The van der Waals surface area contributed by atoms with Gasteiger partial charge >= 0.3 is 0 Å². The van der Waals surface area contributed by atoms with Crippen molar-refractivity contribution in [2.75, 3.05) is 6.54 Å². The number of rotatable bonds is 2. The lowest BCUT2D eigenvalue weighted by Crippen LogP contribution is -2.59. The van der Waals surface area contributed by atoms with Crippen LogP contribution in [-0.4, -0.2) is 37.9 Å². The summed E-state index contributed by atoms with van der Waals surface area (Å²) < 4.78 is 1.62. The molecule has 1 aliphatic heterocycles. The van der Waals surface area contributed by atoms with Gasteiger partial charge in [-0.3, -0.25) is 9.59 Å². The number of carbonyl (C=O) groups is 1.